The van der Waals surface area contributed by atoms with E-state index in [1.165, 1.54) is 6.20 Å². The predicted octanol–water partition coefficient (Wildman–Crippen LogP) is 2.79. The Morgan fingerprint density at radius 2 is 1.97 bits per heavy atom. The van der Waals surface area contributed by atoms with Gasteiger partial charge in [0.05, 0.1) is 40.8 Å². The Morgan fingerprint density at radius 3 is 2.60 bits per heavy atom. The summed E-state index contributed by atoms with van der Waals surface area (Å²) in [5.74, 6) is -0.556. The van der Waals surface area contributed by atoms with Gasteiger partial charge in [0, 0.05) is 36.6 Å². The van der Waals surface area contributed by atoms with Crippen LogP contribution in [-0.4, -0.2) is 30.8 Å². The minimum Gasteiger partial charge on any atom is -0.390 e. The molecule has 3 aromatic heterocycles. The highest BCUT2D eigenvalue weighted by Crippen LogP contribution is 2.32. The molecule has 3 heterocycles. The van der Waals surface area contributed by atoms with Crippen LogP contribution in [0.1, 0.15) is 34.7 Å². The quantitative estimate of drug-likeness (QED) is 0.456. The largest absolute Gasteiger partial charge is 0.390 e. The van der Waals surface area contributed by atoms with Crippen LogP contribution in [-0.2, 0) is 13.7 Å². The van der Waals surface area contributed by atoms with E-state index in [0.29, 0.717) is 16.9 Å². The topological polar surface area (TPSA) is 119 Å². The van der Waals surface area contributed by atoms with Gasteiger partial charge in [0.15, 0.2) is 0 Å². The summed E-state index contributed by atoms with van der Waals surface area (Å²) in [6.07, 6.45) is 5.07. The van der Waals surface area contributed by atoms with Gasteiger partial charge in [-0.3, -0.25) is 19.4 Å². The molecule has 4 N–H and O–H groups in total. The number of aliphatic hydroxyl groups is 1. The number of nitrogens with zero attached hydrogens (tertiary/aromatic N) is 4. The number of benzene rings is 1. The van der Waals surface area contributed by atoms with E-state index in [4.69, 9.17) is 5.73 Å². The molecular formula is C22H22N6O2. The van der Waals surface area contributed by atoms with E-state index in [1.54, 1.807) is 16.9 Å². The number of fused-ring (bicyclic) bond motifs is 1. The maximum absolute atomic E-state index is 12.1. The molecule has 0 aliphatic heterocycles. The molecule has 0 bridgehead atoms. The van der Waals surface area contributed by atoms with Gasteiger partial charge in [0.1, 0.15) is 0 Å². The number of carbonyl (C=O) groups excluding carboxylic acids is 1. The van der Waals surface area contributed by atoms with Gasteiger partial charge in [0.2, 0.25) is 0 Å². The average Bonchev–Trinajstić information content (AvgIpc) is 3.20. The van der Waals surface area contributed by atoms with Gasteiger partial charge in [-0.15, -0.1) is 0 Å². The summed E-state index contributed by atoms with van der Waals surface area (Å²) in [5, 5.41) is 17.8. The van der Waals surface area contributed by atoms with Crippen LogP contribution >= 0.6 is 0 Å². The molecule has 0 spiro atoms. The number of aromatic nitrogens is 4. The molecule has 1 amide bonds. The first kappa shape index (κ1) is 19.5. The lowest BCUT2D eigenvalue weighted by Crippen LogP contribution is -2.17. The van der Waals surface area contributed by atoms with Crippen molar-refractivity contribution in [2.24, 2.45) is 12.8 Å². The Morgan fingerprint density at radius 1 is 1.17 bits per heavy atom. The van der Waals surface area contributed by atoms with Crippen LogP contribution in [0.25, 0.3) is 22.0 Å². The third-order valence-electron chi connectivity index (χ3n) is 4.99. The number of amides is 1. The molecule has 1 aromatic carbocycles. The fourth-order valence-corrected chi connectivity index (χ4v) is 3.36. The monoisotopic (exact) mass is 402 g/mol. The molecule has 0 aliphatic rings. The highest BCUT2D eigenvalue weighted by Gasteiger charge is 2.18. The number of aliphatic hydroxyl groups excluding tert-OH is 1. The summed E-state index contributed by atoms with van der Waals surface area (Å²) >= 11 is 0. The van der Waals surface area contributed by atoms with Gasteiger partial charge in [-0.25, -0.2) is 0 Å². The molecule has 152 valence electrons. The molecule has 1 atom stereocenters. The number of hydrogen-bond acceptors (Lipinski definition) is 6. The summed E-state index contributed by atoms with van der Waals surface area (Å²) in [6.45, 7) is 1.87. The highest BCUT2D eigenvalue weighted by atomic mass is 16.3. The van der Waals surface area contributed by atoms with Gasteiger partial charge in [0.25, 0.3) is 5.91 Å². The third kappa shape index (κ3) is 3.72. The second kappa shape index (κ2) is 7.92. The second-order valence-electron chi connectivity index (χ2n) is 7.12. The van der Waals surface area contributed by atoms with Crippen molar-refractivity contribution in [3.05, 3.63) is 71.9 Å². The van der Waals surface area contributed by atoms with E-state index in [2.05, 4.69) is 20.4 Å². The van der Waals surface area contributed by atoms with Gasteiger partial charge < -0.3 is 16.2 Å². The fraction of sp³-hybridized carbons (Fsp3) is 0.182. The van der Waals surface area contributed by atoms with Crippen molar-refractivity contribution in [3.8, 4) is 11.1 Å². The third-order valence-corrected chi connectivity index (χ3v) is 4.99. The van der Waals surface area contributed by atoms with Crippen LogP contribution in [0.3, 0.4) is 0 Å². The van der Waals surface area contributed by atoms with E-state index in [9.17, 15) is 9.90 Å². The lowest BCUT2D eigenvalue weighted by Gasteiger charge is -2.18. The van der Waals surface area contributed by atoms with Gasteiger partial charge in [-0.1, -0.05) is 12.1 Å². The first-order valence-corrected chi connectivity index (χ1v) is 9.51. The molecule has 30 heavy (non-hydrogen) atoms. The van der Waals surface area contributed by atoms with Gasteiger partial charge in [-0.2, -0.15) is 5.10 Å². The van der Waals surface area contributed by atoms with Gasteiger partial charge in [-0.05, 0) is 36.8 Å². The van der Waals surface area contributed by atoms with Crippen molar-refractivity contribution >= 4 is 22.5 Å². The van der Waals surface area contributed by atoms with E-state index >= 15 is 0 Å². The van der Waals surface area contributed by atoms with Crippen LogP contribution in [0, 0.1) is 0 Å². The number of pyridine rings is 2. The number of nitrogens with two attached hydrogens (primary N) is 1. The zero-order valence-electron chi connectivity index (χ0n) is 16.7. The van der Waals surface area contributed by atoms with Crippen molar-refractivity contribution in [3.63, 3.8) is 0 Å². The lowest BCUT2D eigenvalue weighted by molar-refractivity contribution is 0.100. The number of aryl methyl sites for hydroxylation is 1. The first-order valence-electron chi connectivity index (χ1n) is 9.51. The second-order valence-corrected chi connectivity index (χ2v) is 7.12. The molecule has 4 rings (SSSR count). The van der Waals surface area contributed by atoms with Crippen molar-refractivity contribution in [1.29, 1.82) is 0 Å². The van der Waals surface area contributed by atoms with Crippen LogP contribution in [0.2, 0.25) is 0 Å². The van der Waals surface area contributed by atoms with Gasteiger partial charge >= 0.3 is 0 Å². The Kier molecular flexibility index (Phi) is 5.16. The number of primary amides is 1. The summed E-state index contributed by atoms with van der Waals surface area (Å²) in [5.41, 5.74) is 10.6. The first-order chi connectivity index (χ1) is 14.5. The Bertz CT molecular complexity index is 1220. The van der Waals surface area contributed by atoms with Crippen LogP contribution in [0.4, 0.5) is 5.69 Å². The molecule has 0 aliphatic carbocycles. The zero-order valence-corrected chi connectivity index (χ0v) is 16.7. The number of nitrogens with one attached hydrogen (secondary N) is 1. The number of hydrogen-bond donors (Lipinski definition) is 3. The standard InChI is InChI=1S/C22H22N6O2/c1-13(19-7-8-28(2)27-19)26-21-17-9-14(15-3-5-16(12-29)24-10-15)4-6-20(17)25-11-18(21)22(23)30/h3-11,13,29H,12H2,1-2H3,(H2,23,30)(H,25,26)/t13-/m0/s1. The molecule has 0 saturated heterocycles. The summed E-state index contributed by atoms with van der Waals surface area (Å²) in [4.78, 5) is 20.7. The number of rotatable bonds is 6. The average molecular weight is 402 g/mol. The maximum atomic E-state index is 12.1. The molecule has 0 unspecified atom stereocenters. The van der Waals surface area contributed by atoms with E-state index in [0.717, 1.165) is 27.7 Å². The van der Waals surface area contributed by atoms with E-state index < -0.39 is 5.91 Å². The Labute approximate surface area is 173 Å². The predicted molar refractivity (Wildman–Crippen MR) is 115 cm³/mol. The van der Waals surface area contributed by atoms with E-state index in [1.807, 2.05) is 50.5 Å². The van der Waals surface area contributed by atoms with Crippen molar-refractivity contribution in [1.82, 2.24) is 19.7 Å². The normalized spacial score (nSPS) is 12.1. The minimum atomic E-state index is -0.556. The summed E-state index contributed by atoms with van der Waals surface area (Å²) in [7, 11) is 1.86. The van der Waals surface area contributed by atoms with Crippen LogP contribution < -0.4 is 11.1 Å². The smallest absolute Gasteiger partial charge is 0.252 e. The minimum absolute atomic E-state index is 0.108. The maximum Gasteiger partial charge on any atom is 0.252 e. The summed E-state index contributed by atoms with van der Waals surface area (Å²) < 4.78 is 1.73. The molecule has 0 radical (unpaired) electrons. The molecule has 8 nitrogen and oxygen atoms in total. The van der Waals surface area contributed by atoms with Crippen LogP contribution in [0.15, 0.2) is 55.0 Å². The molecular weight excluding hydrogens is 380 g/mol. The van der Waals surface area contributed by atoms with E-state index in [-0.39, 0.29) is 12.6 Å². The summed E-state index contributed by atoms with van der Waals surface area (Å²) in [6, 6.07) is 11.2. The zero-order chi connectivity index (χ0) is 21.3. The van der Waals surface area contributed by atoms with Crippen molar-refractivity contribution in [2.45, 2.75) is 19.6 Å². The number of anilines is 1. The highest BCUT2D eigenvalue weighted by molar-refractivity contribution is 6.07. The van der Waals surface area contributed by atoms with Crippen molar-refractivity contribution in [2.75, 3.05) is 5.32 Å². The SMILES string of the molecule is C[C@H](Nc1c(C(N)=O)cnc2ccc(-c3ccc(CO)nc3)cc12)c1ccn(C)n1. The molecule has 4 aromatic rings. The molecule has 0 saturated carbocycles. The lowest BCUT2D eigenvalue weighted by atomic mass is 10.0. The number of carbonyl (C=O) groups is 1. The molecule has 0 fully saturated rings. The van der Waals surface area contributed by atoms with Crippen molar-refractivity contribution < 1.29 is 9.90 Å². The Hall–Kier alpha value is -3.78. The Balaban J connectivity index is 1.82. The fourth-order valence-electron chi connectivity index (χ4n) is 3.36. The molecule has 8 heteroatoms. The van der Waals surface area contributed by atoms with Crippen LogP contribution in [0.5, 0.6) is 0 Å².